The predicted octanol–water partition coefficient (Wildman–Crippen LogP) is 4.19. The number of thiazole rings is 1. The Bertz CT molecular complexity index is 1890. The third kappa shape index (κ3) is 6.42. The van der Waals surface area contributed by atoms with Crippen LogP contribution in [0.15, 0.2) is 107 Å². The number of methoxy groups -OCH3 is 1. The van der Waals surface area contributed by atoms with Crippen molar-refractivity contribution < 1.29 is 22.7 Å². The molecule has 0 bridgehead atoms. The lowest BCUT2D eigenvalue weighted by molar-refractivity contribution is 0.0596. The zero-order valence-corrected chi connectivity index (χ0v) is 23.7. The second-order valence-corrected chi connectivity index (χ2v) is 11.7. The van der Waals surface area contributed by atoms with Gasteiger partial charge in [-0.05, 0) is 40.6 Å². The van der Waals surface area contributed by atoms with Gasteiger partial charge in [0.25, 0.3) is 15.9 Å². The van der Waals surface area contributed by atoms with Crippen molar-refractivity contribution in [3.63, 3.8) is 0 Å². The van der Waals surface area contributed by atoms with Crippen LogP contribution in [0.2, 0.25) is 0 Å². The number of rotatable bonds is 9. The number of fused-ring (bicyclic) bond motifs is 1. The Morgan fingerprint density at radius 1 is 0.976 bits per heavy atom. The van der Waals surface area contributed by atoms with E-state index in [9.17, 15) is 18.0 Å². The number of nitrogens with zero attached hydrogens (tertiary/aromatic N) is 3. The summed E-state index contributed by atoms with van der Waals surface area (Å²) in [6, 6.07) is 23.0. The topological polar surface area (TPSA) is 120 Å². The van der Waals surface area contributed by atoms with Gasteiger partial charge in [0.2, 0.25) is 4.80 Å². The molecule has 1 amide bonds. The lowest BCUT2D eigenvalue weighted by Crippen LogP contribution is -2.25. The van der Waals surface area contributed by atoms with Crippen molar-refractivity contribution in [3.05, 3.63) is 124 Å². The minimum absolute atomic E-state index is 0.0880. The van der Waals surface area contributed by atoms with Crippen LogP contribution in [0.25, 0.3) is 10.8 Å². The van der Waals surface area contributed by atoms with E-state index in [1.807, 2.05) is 48.7 Å². The first-order chi connectivity index (χ1) is 19.9. The highest BCUT2D eigenvalue weighted by Gasteiger charge is 2.23. The molecule has 5 aromatic rings. The van der Waals surface area contributed by atoms with E-state index in [-0.39, 0.29) is 21.2 Å². The lowest BCUT2D eigenvalue weighted by Gasteiger charge is -2.08. The van der Waals surface area contributed by atoms with E-state index >= 15 is 0 Å². The first-order valence-corrected chi connectivity index (χ1v) is 14.9. The monoisotopic (exact) mass is 586 g/mol. The molecule has 0 unspecified atom stereocenters. The molecule has 2 aromatic heterocycles. The van der Waals surface area contributed by atoms with Gasteiger partial charge in [-0.1, -0.05) is 54.6 Å². The highest BCUT2D eigenvalue weighted by atomic mass is 32.2. The normalized spacial score (nSPS) is 11.9. The Morgan fingerprint density at radius 2 is 1.71 bits per heavy atom. The second-order valence-electron chi connectivity index (χ2n) is 9.04. The molecule has 2 heterocycles. The highest BCUT2D eigenvalue weighted by Crippen LogP contribution is 2.21. The number of nitrogens with one attached hydrogen (secondary N) is 1. The molecule has 5 rings (SSSR count). The maximum absolute atomic E-state index is 13.5. The number of amides is 1. The van der Waals surface area contributed by atoms with Crippen molar-refractivity contribution in [2.45, 2.75) is 17.9 Å². The Kier molecular flexibility index (Phi) is 8.37. The maximum Gasteiger partial charge on any atom is 0.339 e. The van der Waals surface area contributed by atoms with E-state index in [0.717, 1.165) is 21.2 Å². The zero-order chi connectivity index (χ0) is 28.8. The van der Waals surface area contributed by atoms with Crippen molar-refractivity contribution >= 4 is 44.0 Å². The molecule has 3 aromatic carbocycles. The first kappa shape index (κ1) is 27.9. The van der Waals surface area contributed by atoms with Crippen molar-refractivity contribution in [2.75, 3.05) is 13.7 Å². The van der Waals surface area contributed by atoms with Crippen LogP contribution in [-0.2, 0) is 27.7 Å². The fourth-order valence-electron chi connectivity index (χ4n) is 4.37. The van der Waals surface area contributed by atoms with E-state index in [2.05, 4.69) is 14.7 Å². The summed E-state index contributed by atoms with van der Waals surface area (Å²) in [6.45, 7) is 0.710. The Morgan fingerprint density at radius 3 is 2.51 bits per heavy atom. The van der Waals surface area contributed by atoms with Crippen molar-refractivity contribution in [1.29, 1.82) is 0 Å². The molecule has 0 saturated heterocycles. The summed E-state index contributed by atoms with van der Waals surface area (Å²) in [5.41, 5.74) is 1.41. The fourth-order valence-corrected chi connectivity index (χ4v) is 6.76. The van der Waals surface area contributed by atoms with Crippen molar-refractivity contribution in [3.8, 4) is 0 Å². The van der Waals surface area contributed by atoms with Gasteiger partial charge in [-0.3, -0.25) is 9.78 Å². The lowest BCUT2D eigenvalue weighted by atomic mass is 10.0. The smallest absolute Gasteiger partial charge is 0.339 e. The van der Waals surface area contributed by atoms with E-state index in [0.29, 0.717) is 25.1 Å². The van der Waals surface area contributed by atoms with Gasteiger partial charge in [0, 0.05) is 42.0 Å². The second kappa shape index (κ2) is 12.3. The minimum atomic E-state index is -4.27. The van der Waals surface area contributed by atoms with E-state index in [1.165, 1.54) is 36.6 Å². The Labute approximate surface area is 240 Å². The largest absolute Gasteiger partial charge is 0.465 e. The van der Waals surface area contributed by atoms with Gasteiger partial charge in [-0.25, -0.2) is 4.79 Å². The average molecular weight is 587 g/mol. The quantitative estimate of drug-likeness (QED) is 0.259. The van der Waals surface area contributed by atoms with E-state index in [1.54, 1.807) is 35.2 Å². The summed E-state index contributed by atoms with van der Waals surface area (Å²) in [5, 5.41) is 4.99. The summed E-state index contributed by atoms with van der Waals surface area (Å²) in [7, 11) is -3.08. The molecular weight excluding hydrogens is 560 g/mol. The standard InChI is InChI=1S/C30H26N4O5S2/c1-39-29(36)26-11-4-5-12-27(26)41(37,38)33-30-34(19-23-9-6-8-21-7-2-3-10-25(21)23)20-24(40-30)15-18-32-28(35)22-13-16-31-17-14-22/h2-14,16-17,20H,15,18-19H2,1H3,(H,32,35)/b33-30-. The number of hydrogen-bond acceptors (Lipinski definition) is 7. The number of benzene rings is 3. The Balaban J connectivity index is 1.51. The molecule has 0 aliphatic heterocycles. The molecule has 0 aliphatic carbocycles. The van der Waals surface area contributed by atoms with Gasteiger partial charge in [0.1, 0.15) is 4.90 Å². The number of aromatic nitrogens is 2. The molecule has 0 atom stereocenters. The third-order valence-electron chi connectivity index (χ3n) is 6.36. The molecular formula is C30H26N4O5S2. The van der Waals surface area contributed by atoms with Crippen molar-refractivity contribution in [1.82, 2.24) is 14.9 Å². The summed E-state index contributed by atoms with van der Waals surface area (Å²) in [5.74, 6) is -0.987. The fraction of sp³-hybridized carbons (Fsp3) is 0.133. The van der Waals surface area contributed by atoms with Crippen molar-refractivity contribution in [2.24, 2.45) is 4.40 Å². The first-order valence-electron chi connectivity index (χ1n) is 12.7. The molecule has 11 heteroatoms. The number of esters is 1. The molecule has 0 radical (unpaired) electrons. The van der Waals surface area contributed by atoms with Gasteiger partial charge >= 0.3 is 5.97 Å². The average Bonchev–Trinajstić information content (AvgIpc) is 3.37. The van der Waals surface area contributed by atoms with Crippen LogP contribution in [0.1, 0.15) is 31.2 Å². The molecule has 208 valence electrons. The van der Waals surface area contributed by atoms with Crippen LogP contribution in [0.4, 0.5) is 0 Å². The van der Waals surface area contributed by atoms with Gasteiger partial charge in [0.15, 0.2) is 0 Å². The van der Waals surface area contributed by atoms with E-state index in [4.69, 9.17) is 4.74 Å². The van der Waals surface area contributed by atoms with Crippen LogP contribution in [-0.4, -0.2) is 43.5 Å². The van der Waals surface area contributed by atoms with Gasteiger partial charge < -0.3 is 14.6 Å². The van der Waals surface area contributed by atoms with Crippen LogP contribution in [0.3, 0.4) is 0 Å². The van der Waals surface area contributed by atoms with Crippen LogP contribution in [0, 0.1) is 0 Å². The number of carbonyl (C=O) groups is 2. The molecule has 1 N–H and O–H groups in total. The van der Waals surface area contributed by atoms with Crippen LogP contribution in [0.5, 0.6) is 0 Å². The molecule has 0 spiro atoms. The number of sulfonamides is 1. The van der Waals surface area contributed by atoms with E-state index < -0.39 is 16.0 Å². The third-order valence-corrected chi connectivity index (χ3v) is 8.88. The summed E-state index contributed by atoms with van der Waals surface area (Å²) in [6.07, 6.45) is 5.42. The molecule has 0 saturated carbocycles. The van der Waals surface area contributed by atoms with Gasteiger partial charge in [0.05, 0.1) is 19.2 Å². The van der Waals surface area contributed by atoms with Gasteiger partial charge in [-0.2, -0.15) is 8.42 Å². The van der Waals surface area contributed by atoms with Crippen LogP contribution >= 0.6 is 11.3 Å². The zero-order valence-electron chi connectivity index (χ0n) is 22.1. The predicted molar refractivity (Wildman–Crippen MR) is 156 cm³/mol. The minimum Gasteiger partial charge on any atom is -0.465 e. The van der Waals surface area contributed by atoms with Gasteiger partial charge in [-0.15, -0.1) is 15.7 Å². The molecule has 0 aliphatic rings. The number of ether oxygens (including phenoxy) is 1. The summed E-state index contributed by atoms with van der Waals surface area (Å²) < 4.78 is 37.7. The number of pyridine rings is 1. The summed E-state index contributed by atoms with van der Waals surface area (Å²) in [4.78, 5) is 29.5. The molecule has 9 nitrogen and oxygen atoms in total. The molecule has 0 fully saturated rings. The summed E-state index contributed by atoms with van der Waals surface area (Å²) >= 11 is 1.21. The maximum atomic E-state index is 13.5. The number of carbonyl (C=O) groups excluding carboxylic acids is 2. The van der Waals surface area contributed by atoms with Crippen LogP contribution < -0.4 is 10.1 Å². The highest BCUT2D eigenvalue weighted by molar-refractivity contribution is 7.90. The SMILES string of the molecule is COC(=O)c1ccccc1S(=O)(=O)/N=c1\sc(CCNC(=O)c2ccncc2)cn1Cc1cccc2ccccc12. The molecule has 41 heavy (non-hydrogen) atoms. The Hall–Kier alpha value is -4.61. The number of hydrogen-bond donors (Lipinski definition) is 1.